The maximum absolute atomic E-state index is 12.0. The van der Waals surface area contributed by atoms with Gasteiger partial charge in [0, 0.05) is 17.8 Å². The van der Waals surface area contributed by atoms with E-state index >= 15 is 0 Å². The van der Waals surface area contributed by atoms with Gasteiger partial charge in [-0.1, -0.05) is 60.2 Å². The Balaban J connectivity index is 1.99. The zero-order chi connectivity index (χ0) is 18.1. The number of nitrogens with one attached hydrogen (secondary N) is 1. The minimum Gasteiger partial charge on any atom is -0.478 e. The van der Waals surface area contributed by atoms with Crippen LogP contribution in [0.2, 0.25) is 0 Å². The van der Waals surface area contributed by atoms with Crippen LogP contribution in [0.3, 0.4) is 0 Å². The quantitative estimate of drug-likeness (QED) is 0.609. The third-order valence-corrected chi connectivity index (χ3v) is 3.26. The Morgan fingerprint density at radius 3 is 2.36 bits per heavy atom. The molecule has 4 nitrogen and oxygen atoms in total. The van der Waals surface area contributed by atoms with E-state index in [0.717, 1.165) is 17.2 Å². The van der Waals surface area contributed by atoms with Gasteiger partial charge < -0.3 is 10.4 Å². The van der Waals surface area contributed by atoms with Crippen LogP contribution in [-0.2, 0) is 9.59 Å². The maximum atomic E-state index is 12.0. The van der Waals surface area contributed by atoms with Gasteiger partial charge in [-0.05, 0) is 36.3 Å². The van der Waals surface area contributed by atoms with Crippen LogP contribution in [-0.4, -0.2) is 17.0 Å². The van der Waals surface area contributed by atoms with Crippen molar-refractivity contribution in [2.75, 3.05) is 5.32 Å². The van der Waals surface area contributed by atoms with Gasteiger partial charge in [-0.2, -0.15) is 0 Å². The first-order valence-electron chi connectivity index (χ1n) is 7.76. The van der Waals surface area contributed by atoms with E-state index in [4.69, 9.17) is 5.11 Å². The number of benzene rings is 2. The largest absolute Gasteiger partial charge is 0.478 e. The first-order chi connectivity index (χ1) is 12.0. The zero-order valence-electron chi connectivity index (χ0n) is 13.8. The summed E-state index contributed by atoms with van der Waals surface area (Å²) in [6.07, 6.45) is 7.73. The molecule has 0 aliphatic carbocycles. The predicted molar refractivity (Wildman–Crippen MR) is 101 cm³/mol. The van der Waals surface area contributed by atoms with Crippen molar-refractivity contribution >= 4 is 29.7 Å². The van der Waals surface area contributed by atoms with Crippen molar-refractivity contribution in [3.05, 3.63) is 89.5 Å². The van der Waals surface area contributed by atoms with Crippen molar-refractivity contribution in [3.8, 4) is 0 Å². The van der Waals surface area contributed by atoms with Gasteiger partial charge in [-0.25, -0.2) is 4.79 Å². The van der Waals surface area contributed by atoms with Gasteiger partial charge in [0.1, 0.15) is 0 Å². The number of carboxylic acids is 1. The number of anilines is 1. The van der Waals surface area contributed by atoms with Crippen LogP contribution in [0.4, 0.5) is 5.69 Å². The molecule has 0 aliphatic heterocycles. The molecule has 0 bridgehead atoms. The molecule has 0 fully saturated rings. The van der Waals surface area contributed by atoms with Crippen LogP contribution in [0.1, 0.15) is 18.1 Å². The van der Waals surface area contributed by atoms with Gasteiger partial charge in [-0.3, -0.25) is 4.79 Å². The standard InChI is InChI=1S/C21H19NO3/c1-16(14-17-6-3-2-4-7-17)10-12-20(23)22-19-9-5-8-18(15-19)11-13-21(24)25/h2-15H,1H3,(H,22,23)(H,24,25)/b12-10+,13-11+,16-14+. The molecule has 1 amide bonds. The lowest BCUT2D eigenvalue weighted by atomic mass is 10.1. The third kappa shape index (κ3) is 6.71. The SMILES string of the molecule is CC(/C=C/C(=O)Nc1cccc(/C=C/C(=O)O)c1)=C\c1ccccc1. The van der Waals surface area contributed by atoms with E-state index < -0.39 is 5.97 Å². The van der Waals surface area contributed by atoms with E-state index in [1.54, 1.807) is 30.3 Å². The molecule has 0 aromatic heterocycles. The summed E-state index contributed by atoms with van der Waals surface area (Å²) in [5.74, 6) is -1.27. The molecule has 0 aliphatic rings. The second kappa shape index (κ2) is 9.03. The molecule has 2 aromatic carbocycles. The molecule has 0 spiro atoms. The number of hydrogen-bond acceptors (Lipinski definition) is 2. The fourth-order valence-corrected chi connectivity index (χ4v) is 2.14. The summed E-state index contributed by atoms with van der Waals surface area (Å²) in [6.45, 7) is 1.92. The second-order valence-electron chi connectivity index (χ2n) is 5.42. The molecule has 0 heterocycles. The highest BCUT2D eigenvalue weighted by Crippen LogP contribution is 2.12. The first kappa shape index (κ1) is 17.9. The van der Waals surface area contributed by atoms with Crippen LogP contribution in [0.25, 0.3) is 12.2 Å². The lowest BCUT2D eigenvalue weighted by Gasteiger charge is -2.03. The Labute approximate surface area is 146 Å². The van der Waals surface area contributed by atoms with Crippen LogP contribution >= 0.6 is 0 Å². The number of carbonyl (C=O) groups is 2. The lowest BCUT2D eigenvalue weighted by molar-refractivity contribution is -0.131. The van der Waals surface area contributed by atoms with E-state index in [0.29, 0.717) is 11.3 Å². The van der Waals surface area contributed by atoms with Crippen molar-refractivity contribution in [2.45, 2.75) is 6.92 Å². The molecular weight excluding hydrogens is 314 g/mol. The number of aliphatic carboxylic acids is 1. The molecule has 126 valence electrons. The van der Waals surface area contributed by atoms with Gasteiger partial charge in [0.15, 0.2) is 0 Å². The fraction of sp³-hybridized carbons (Fsp3) is 0.0476. The topological polar surface area (TPSA) is 66.4 Å². The summed E-state index contributed by atoms with van der Waals surface area (Å²) in [4.78, 5) is 22.6. The minimum absolute atomic E-state index is 0.250. The molecule has 0 unspecified atom stereocenters. The number of hydrogen-bond donors (Lipinski definition) is 2. The highest BCUT2D eigenvalue weighted by atomic mass is 16.4. The summed E-state index contributed by atoms with van der Waals surface area (Å²) >= 11 is 0. The predicted octanol–water partition coefficient (Wildman–Crippen LogP) is 4.38. The molecule has 25 heavy (non-hydrogen) atoms. The summed E-state index contributed by atoms with van der Waals surface area (Å²) in [5.41, 5.74) is 3.33. The maximum Gasteiger partial charge on any atom is 0.328 e. The number of carboxylic acid groups (broad SMARTS) is 1. The molecule has 0 saturated heterocycles. The van der Waals surface area contributed by atoms with Crippen LogP contribution in [0.5, 0.6) is 0 Å². The molecule has 0 saturated carbocycles. The average molecular weight is 333 g/mol. The van der Waals surface area contributed by atoms with Gasteiger partial charge in [0.25, 0.3) is 0 Å². The van der Waals surface area contributed by atoms with Crippen molar-refractivity contribution < 1.29 is 14.7 Å². The van der Waals surface area contributed by atoms with Gasteiger partial charge in [0.2, 0.25) is 5.91 Å². The normalized spacial score (nSPS) is 11.8. The van der Waals surface area contributed by atoms with Crippen molar-refractivity contribution in [3.63, 3.8) is 0 Å². The summed E-state index contributed by atoms with van der Waals surface area (Å²) in [6, 6.07) is 16.8. The van der Waals surface area contributed by atoms with Crippen LogP contribution < -0.4 is 5.32 Å². The van der Waals surface area contributed by atoms with Gasteiger partial charge >= 0.3 is 5.97 Å². The van der Waals surface area contributed by atoms with E-state index in [1.807, 2.05) is 43.3 Å². The van der Waals surface area contributed by atoms with Gasteiger partial charge in [0.05, 0.1) is 0 Å². The molecule has 2 N–H and O–H groups in total. The smallest absolute Gasteiger partial charge is 0.328 e. The monoisotopic (exact) mass is 333 g/mol. The number of amides is 1. The molecule has 0 radical (unpaired) electrons. The third-order valence-electron chi connectivity index (χ3n) is 3.26. The molecule has 4 heteroatoms. The Hall–Kier alpha value is -3.40. The summed E-state index contributed by atoms with van der Waals surface area (Å²) in [5, 5.41) is 11.4. The zero-order valence-corrected chi connectivity index (χ0v) is 13.8. The van der Waals surface area contributed by atoms with E-state index in [2.05, 4.69) is 5.32 Å². The van der Waals surface area contributed by atoms with E-state index in [-0.39, 0.29) is 5.91 Å². The van der Waals surface area contributed by atoms with Crippen LogP contribution in [0, 0.1) is 0 Å². The van der Waals surface area contributed by atoms with Crippen molar-refractivity contribution in [1.29, 1.82) is 0 Å². The first-order valence-corrected chi connectivity index (χ1v) is 7.76. The van der Waals surface area contributed by atoms with E-state index in [9.17, 15) is 9.59 Å². The minimum atomic E-state index is -1.02. The molecule has 2 rings (SSSR count). The lowest BCUT2D eigenvalue weighted by Crippen LogP contribution is -2.07. The molecule has 2 aromatic rings. The summed E-state index contributed by atoms with van der Waals surface area (Å²) in [7, 11) is 0. The summed E-state index contributed by atoms with van der Waals surface area (Å²) < 4.78 is 0. The number of allylic oxidation sites excluding steroid dienone is 2. The Kier molecular flexibility index (Phi) is 6.48. The van der Waals surface area contributed by atoms with E-state index in [1.165, 1.54) is 12.2 Å². The van der Waals surface area contributed by atoms with Crippen LogP contribution in [0.15, 0.2) is 78.4 Å². The highest BCUT2D eigenvalue weighted by molar-refractivity contribution is 5.99. The Morgan fingerprint density at radius 1 is 0.920 bits per heavy atom. The molecule has 0 atom stereocenters. The highest BCUT2D eigenvalue weighted by Gasteiger charge is 1.99. The Morgan fingerprint density at radius 2 is 1.64 bits per heavy atom. The van der Waals surface area contributed by atoms with Crippen molar-refractivity contribution in [1.82, 2.24) is 0 Å². The number of rotatable bonds is 6. The Bertz CT molecular complexity index is 833. The van der Waals surface area contributed by atoms with Crippen molar-refractivity contribution in [2.24, 2.45) is 0 Å². The fourth-order valence-electron chi connectivity index (χ4n) is 2.14. The number of carbonyl (C=O) groups excluding carboxylic acids is 1. The second-order valence-corrected chi connectivity index (χ2v) is 5.42. The van der Waals surface area contributed by atoms with Gasteiger partial charge in [-0.15, -0.1) is 0 Å². The average Bonchev–Trinajstić information content (AvgIpc) is 2.59. The molecular formula is C21H19NO3.